The molecule has 0 saturated carbocycles. The molecule has 0 saturated heterocycles. The first-order valence-electron chi connectivity index (χ1n) is 7.59. The van der Waals surface area contributed by atoms with E-state index in [9.17, 15) is 4.79 Å². The summed E-state index contributed by atoms with van der Waals surface area (Å²) in [5, 5.41) is 6.23. The summed E-state index contributed by atoms with van der Waals surface area (Å²) in [6.45, 7) is 2.12. The Morgan fingerprint density at radius 3 is 3.05 bits per heavy atom. The molecule has 2 rings (SSSR count). The summed E-state index contributed by atoms with van der Waals surface area (Å²) in [7, 11) is 0. The van der Waals surface area contributed by atoms with Crippen LogP contribution in [0.25, 0.3) is 0 Å². The van der Waals surface area contributed by atoms with Gasteiger partial charge in [0.2, 0.25) is 0 Å². The number of unbranched alkanes of at least 4 members (excludes halogenated alkanes) is 3. The van der Waals surface area contributed by atoms with Crippen LogP contribution in [0.15, 0.2) is 18.2 Å². The van der Waals surface area contributed by atoms with E-state index in [-0.39, 0.29) is 5.91 Å². The van der Waals surface area contributed by atoms with E-state index >= 15 is 0 Å². The first kappa shape index (κ1) is 16.0. The molecule has 4 nitrogen and oxygen atoms in total. The number of hydrogen-bond donors (Lipinski definition) is 2. The number of rotatable bonds is 8. The number of para-hydroxylation sites is 1. The number of hydrogen-bond acceptors (Lipinski definition) is 4. The van der Waals surface area contributed by atoms with Gasteiger partial charge in [-0.1, -0.05) is 18.9 Å². The Labute approximate surface area is 131 Å². The van der Waals surface area contributed by atoms with E-state index in [1.165, 1.54) is 25.0 Å². The van der Waals surface area contributed by atoms with E-state index in [1.54, 1.807) is 0 Å². The molecule has 0 radical (unpaired) electrons. The Balaban J connectivity index is 1.76. The van der Waals surface area contributed by atoms with Gasteiger partial charge < -0.3 is 15.4 Å². The Bertz CT molecular complexity index is 466. The standard InChI is InChI=1S/C16H24N2O2S/c1-21-12-5-3-2-4-9-18-16(19)13-7-6-8-14-15(13)20-11-10-17-14/h6-8,17H,2-5,9-12H2,1H3,(H,18,19). The van der Waals surface area contributed by atoms with Crippen LogP contribution in [0.1, 0.15) is 36.0 Å². The highest BCUT2D eigenvalue weighted by Gasteiger charge is 2.18. The molecular formula is C16H24N2O2S. The Morgan fingerprint density at radius 1 is 1.33 bits per heavy atom. The zero-order chi connectivity index (χ0) is 14.9. The number of amides is 1. The molecule has 0 aliphatic carbocycles. The minimum atomic E-state index is -0.0420. The molecule has 1 aromatic carbocycles. The fraction of sp³-hybridized carbons (Fsp3) is 0.562. The Kier molecular flexibility index (Phi) is 6.73. The summed E-state index contributed by atoms with van der Waals surface area (Å²) in [6, 6.07) is 5.65. The summed E-state index contributed by atoms with van der Waals surface area (Å²) < 4.78 is 5.62. The fourth-order valence-corrected chi connectivity index (χ4v) is 2.86. The van der Waals surface area contributed by atoms with E-state index in [0.717, 1.165) is 25.2 Å². The molecule has 1 aliphatic heterocycles. The van der Waals surface area contributed by atoms with Gasteiger partial charge in [0.05, 0.1) is 11.3 Å². The lowest BCUT2D eigenvalue weighted by atomic mass is 10.1. The van der Waals surface area contributed by atoms with E-state index in [2.05, 4.69) is 16.9 Å². The summed E-state index contributed by atoms with van der Waals surface area (Å²) >= 11 is 1.89. The first-order valence-corrected chi connectivity index (χ1v) is 8.99. The quantitative estimate of drug-likeness (QED) is 0.724. The van der Waals surface area contributed by atoms with Crippen molar-refractivity contribution >= 4 is 23.4 Å². The van der Waals surface area contributed by atoms with Gasteiger partial charge in [0.1, 0.15) is 6.61 Å². The number of thioether (sulfide) groups is 1. The van der Waals surface area contributed by atoms with Crippen LogP contribution in [0.2, 0.25) is 0 Å². The number of anilines is 1. The second kappa shape index (κ2) is 8.82. The van der Waals surface area contributed by atoms with E-state index in [0.29, 0.717) is 17.9 Å². The molecule has 1 aromatic rings. The van der Waals surface area contributed by atoms with Gasteiger partial charge in [0, 0.05) is 13.1 Å². The maximum atomic E-state index is 12.2. The topological polar surface area (TPSA) is 50.4 Å². The monoisotopic (exact) mass is 308 g/mol. The summed E-state index contributed by atoms with van der Waals surface area (Å²) in [5.74, 6) is 1.87. The van der Waals surface area contributed by atoms with Crippen molar-refractivity contribution < 1.29 is 9.53 Å². The zero-order valence-electron chi connectivity index (χ0n) is 12.6. The average Bonchev–Trinajstić information content (AvgIpc) is 2.53. The molecule has 0 bridgehead atoms. The predicted octanol–water partition coefficient (Wildman–Crippen LogP) is 3.14. The summed E-state index contributed by atoms with van der Waals surface area (Å²) in [6.07, 6.45) is 6.85. The second-order valence-corrected chi connectivity index (χ2v) is 6.11. The van der Waals surface area contributed by atoms with Crippen molar-refractivity contribution in [2.45, 2.75) is 25.7 Å². The van der Waals surface area contributed by atoms with Crippen LogP contribution < -0.4 is 15.4 Å². The molecule has 0 aromatic heterocycles. The van der Waals surface area contributed by atoms with Gasteiger partial charge >= 0.3 is 0 Å². The largest absolute Gasteiger partial charge is 0.489 e. The molecule has 21 heavy (non-hydrogen) atoms. The van der Waals surface area contributed by atoms with Crippen molar-refractivity contribution in [2.24, 2.45) is 0 Å². The molecule has 1 heterocycles. The Hall–Kier alpha value is -1.36. The van der Waals surface area contributed by atoms with E-state index in [1.807, 2.05) is 30.0 Å². The lowest BCUT2D eigenvalue weighted by molar-refractivity contribution is 0.0949. The van der Waals surface area contributed by atoms with Crippen molar-refractivity contribution in [1.29, 1.82) is 0 Å². The highest BCUT2D eigenvalue weighted by atomic mass is 32.2. The van der Waals surface area contributed by atoms with E-state index < -0.39 is 0 Å². The molecule has 116 valence electrons. The molecule has 0 fully saturated rings. The van der Waals surface area contributed by atoms with E-state index in [4.69, 9.17) is 4.74 Å². The average molecular weight is 308 g/mol. The number of carbonyl (C=O) groups excluding carboxylic acids is 1. The number of benzene rings is 1. The van der Waals surface area contributed by atoms with Crippen molar-refractivity contribution in [1.82, 2.24) is 5.32 Å². The first-order chi connectivity index (χ1) is 10.3. The van der Waals surface area contributed by atoms with Gasteiger partial charge in [-0.15, -0.1) is 0 Å². The van der Waals surface area contributed by atoms with Crippen LogP contribution in [0, 0.1) is 0 Å². The molecule has 1 aliphatic rings. The highest BCUT2D eigenvalue weighted by molar-refractivity contribution is 7.98. The third-order valence-electron chi connectivity index (χ3n) is 3.48. The molecule has 5 heteroatoms. The van der Waals surface area contributed by atoms with Crippen LogP contribution in [0.3, 0.4) is 0 Å². The highest BCUT2D eigenvalue weighted by Crippen LogP contribution is 2.30. The minimum Gasteiger partial charge on any atom is -0.489 e. The zero-order valence-corrected chi connectivity index (χ0v) is 13.4. The van der Waals surface area contributed by atoms with Gasteiger partial charge in [-0.05, 0) is 37.0 Å². The van der Waals surface area contributed by atoms with Crippen LogP contribution >= 0.6 is 11.8 Å². The lowest BCUT2D eigenvalue weighted by Gasteiger charge is -2.21. The fourth-order valence-electron chi connectivity index (χ4n) is 2.37. The van der Waals surface area contributed by atoms with Crippen LogP contribution in [0.5, 0.6) is 5.75 Å². The minimum absolute atomic E-state index is 0.0420. The lowest BCUT2D eigenvalue weighted by Crippen LogP contribution is -2.27. The van der Waals surface area contributed by atoms with Crippen LogP contribution in [0.4, 0.5) is 5.69 Å². The third-order valence-corrected chi connectivity index (χ3v) is 4.18. The SMILES string of the molecule is CSCCCCCCNC(=O)c1cccc2c1OCCN2. The van der Waals surface area contributed by atoms with Gasteiger partial charge in [-0.25, -0.2) is 0 Å². The summed E-state index contributed by atoms with van der Waals surface area (Å²) in [5.41, 5.74) is 1.54. The predicted molar refractivity (Wildman–Crippen MR) is 89.6 cm³/mol. The maximum absolute atomic E-state index is 12.2. The van der Waals surface area contributed by atoms with Crippen molar-refractivity contribution in [2.75, 3.05) is 37.0 Å². The number of ether oxygens (including phenoxy) is 1. The summed E-state index contributed by atoms with van der Waals surface area (Å²) in [4.78, 5) is 12.2. The molecule has 0 unspecified atom stereocenters. The number of fused-ring (bicyclic) bond motifs is 1. The third kappa shape index (κ3) is 4.84. The van der Waals surface area contributed by atoms with Gasteiger partial charge in [-0.3, -0.25) is 4.79 Å². The molecule has 2 N–H and O–H groups in total. The van der Waals surface area contributed by atoms with Crippen LogP contribution in [-0.4, -0.2) is 37.6 Å². The Morgan fingerprint density at radius 2 is 2.19 bits per heavy atom. The van der Waals surface area contributed by atoms with Gasteiger partial charge in [0.15, 0.2) is 5.75 Å². The van der Waals surface area contributed by atoms with Crippen molar-refractivity contribution in [3.63, 3.8) is 0 Å². The molecular weight excluding hydrogens is 284 g/mol. The van der Waals surface area contributed by atoms with Gasteiger partial charge in [0.25, 0.3) is 5.91 Å². The normalized spacial score (nSPS) is 13.0. The maximum Gasteiger partial charge on any atom is 0.255 e. The molecule has 0 atom stereocenters. The van der Waals surface area contributed by atoms with Crippen LogP contribution in [-0.2, 0) is 0 Å². The van der Waals surface area contributed by atoms with Crippen molar-refractivity contribution in [3.8, 4) is 5.75 Å². The molecule has 1 amide bonds. The molecule has 0 spiro atoms. The van der Waals surface area contributed by atoms with Crippen molar-refractivity contribution in [3.05, 3.63) is 23.8 Å². The number of carbonyl (C=O) groups is 1. The number of nitrogens with one attached hydrogen (secondary N) is 2. The smallest absolute Gasteiger partial charge is 0.255 e. The van der Waals surface area contributed by atoms with Gasteiger partial charge in [-0.2, -0.15) is 11.8 Å². The second-order valence-electron chi connectivity index (χ2n) is 5.12.